The Labute approximate surface area is 154 Å². The highest BCUT2D eigenvalue weighted by Crippen LogP contribution is 2.35. The van der Waals surface area contributed by atoms with Crippen molar-refractivity contribution >= 4 is 11.0 Å². The predicted octanol–water partition coefficient (Wildman–Crippen LogP) is 5.69. The Bertz CT molecular complexity index is 1010. The van der Waals surface area contributed by atoms with Gasteiger partial charge in [0.1, 0.15) is 17.9 Å². The van der Waals surface area contributed by atoms with Gasteiger partial charge >= 0.3 is 11.8 Å². The molecule has 0 bridgehead atoms. The first-order chi connectivity index (χ1) is 12.5. The van der Waals surface area contributed by atoms with Crippen LogP contribution < -0.4 is 10.4 Å². The van der Waals surface area contributed by atoms with Crippen molar-refractivity contribution in [1.29, 1.82) is 0 Å². The Morgan fingerprint density at radius 3 is 2.22 bits per heavy atom. The topological polar surface area (TPSA) is 39.4 Å². The van der Waals surface area contributed by atoms with Crippen LogP contribution in [0.25, 0.3) is 11.0 Å². The third-order valence-electron chi connectivity index (χ3n) is 4.25. The third-order valence-corrected chi connectivity index (χ3v) is 4.25. The van der Waals surface area contributed by atoms with Gasteiger partial charge in [-0.25, -0.2) is 4.79 Å². The second-order valence-electron chi connectivity index (χ2n) is 7.37. The summed E-state index contributed by atoms with van der Waals surface area (Å²) in [5.41, 5.74) is -0.0592. The van der Waals surface area contributed by atoms with Gasteiger partial charge in [0, 0.05) is 17.5 Å². The van der Waals surface area contributed by atoms with Crippen molar-refractivity contribution in [1.82, 2.24) is 0 Å². The zero-order valence-corrected chi connectivity index (χ0v) is 15.2. The SMILES string of the molecule is CC(C)(C)c1ccc(COc2ccc3c(C(F)(F)F)cc(=O)oc3c2)cc1. The fraction of sp³-hybridized carbons (Fsp3) is 0.286. The summed E-state index contributed by atoms with van der Waals surface area (Å²) < 4.78 is 49.8. The molecule has 0 saturated heterocycles. The lowest BCUT2D eigenvalue weighted by Crippen LogP contribution is -2.11. The van der Waals surface area contributed by atoms with E-state index in [2.05, 4.69) is 20.8 Å². The molecule has 0 aliphatic rings. The zero-order valence-electron chi connectivity index (χ0n) is 15.2. The zero-order chi connectivity index (χ0) is 19.8. The number of rotatable bonds is 3. The van der Waals surface area contributed by atoms with Gasteiger partial charge in [-0.2, -0.15) is 13.2 Å². The van der Waals surface area contributed by atoms with Crippen LogP contribution in [0.15, 0.2) is 57.7 Å². The summed E-state index contributed by atoms with van der Waals surface area (Å²) in [4.78, 5) is 11.4. The molecule has 0 N–H and O–H groups in total. The molecule has 2 aromatic carbocycles. The molecule has 0 radical (unpaired) electrons. The van der Waals surface area contributed by atoms with Crippen molar-refractivity contribution in [3.8, 4) is 5.75 Å². The summed E-state index contributed by atoms with van der Waals surface area (Å²) >= 11 is 0. The molecule has 0 atom stereocenters. The van der Waals surface area contributed by atoms with E-state index in [4.69, 9.17) is 9.15 Å². The Morgan fingerprint density at radius 1 is 0.963 bits per heavy atom. The van der Waals surface area contributed by atoms with Gasteiger partial charge in [0.05, 0.1) is 5.56 Å². The first-order valence-corrected chi connectivity index (χ1v) is 8.41. The molecular weight excluding hydrogens is 357 g/mol. The minimum Gasteiger partial charge on any atom is -0.489 e. The highest BCUT2D eigenvalue weighted by Gasteiger charge is 2.33. The predicted molar refractivity (Wildman–Crippen MR) is 97.0 cm³/mol. The summed E-state index contributed by atoms with van der Waals surface area (Å²) in [6, 6.07) is 12.4. The van der Waals surface area contributed by atoms with Gasteiger partial charge in [-0.05, 0) is 28.7 Å². The Morgan fingerprint density at radius 2 is 1.63 bits per heavy atom. The molecule has 0 unspecified atom stereocenters. The maximum absolute atomic E-state index is 13.1. The van der Waals surface area contributed by atoms with E-state index >= 15 is 0 Å². The van der Waals surface area contributed by atoms with Gasteiger partial charge in [-0.15, -0.1) is 0 Å². The maximum atomic E-state index is 13.1. The van der Waals surface area contributed by atoms with Crippen LogP contribution in [-0.4, -0.2) is 0 Å². The van der Waals surface area contributed by atoms with E-state index in [1.54, 1.807) is 0 Å². The minimum atomic E-state index is -4.63. The van der Waals surface area contributed by atoms with Gasteiger partial charge in [0.2, 0.25) is 0 Å². The number of hydrogen-bond donors (Lipinski definition) is 0. The van der Waals surface area contributed by atoms with Crippen LogP contribution in [0.4, 0.5) is 13.2 Å². The van der Waals surface area contributed by atoms with Gasteiger partial charge in [0.25, 0.3) is 0 Å². The van der Waals surface area contributed by atoms with Crippen LogP contribution in [0, 0.1) is 0 Å². The normalized spacial score (nSPS) is 12.4. The third kappa shape index (κ3) is 4.32. The number of benzene rings is 2. The van der Waals surface area contributed by atoms with E-state index in [1.807, 2.05) is 24.3 Å². The average molecular weight is 376 g/mol. The minimum absolute atomic E-state index is 0.0471. The van der Waals surface area contributed by atoms with E-state index in [1.165, 1.54) is 23.8 Å². The van der Waals surface area contributed by atoms with Crippen LogP contribution in [0.1, 0.15) is 37.5 Å². The average Bonchev–Trinajstić information content (AvgIpc) is 2.57. The summed E-state index contributed by atoms with van der Waals surface area (Å²) in [7, 11) is 0. The van der Waals surface area contributed by atoms with Gasteiger partial charge < -0.3 is 9.15 Å². The van der Waals surface area contributed by atoms with Gasteiger partial charge in [-0.1, -0.05) is 45.0 Å². The van der Waals surface area contributed by atoms with Gasteiger partial charge in [-0.3, -0.25) is 0 Å². The fourth-order valence-corrected chi connectivity index (χ4v) is 2.74. The standard InChI is InChI=1S/C21H19F3O3/c1-20(2,3)14-6-4-13(5-7-14)12-26-15-8-9-16-17(21(22,23)24)11-19(25)27-18(16)10-15/h4-11H,12H2,1-3H3. The summed E-state index contributed by atoms with van der Waals surface area (Å²) in [5, 5.41) is -0.177. The van der Waals surface area contributed by atoms with Crippen molar-refractivity contribution in [3.63, 3.8) is 0 Å². The molecule has 1 aromatic heterocycles. The van der Waals surface area contributed by atoms with Gasteiger partial charge in [0.15, 0.2) is 0 Å². The number of fused-ring (bicyclic) bond motifs is 1. The smallest absolute Gasteiger partial charge is 0.417 e. The molecule has 27 heavy (non-hydrogen) atoms. The Balaban J connectivity index is 1.83. The molecule has 0 fully saturated rings. The van der Waals surface area contributed by atoms with E-state index in [0.717, 1.165) is 5.56 Å². The molecule has 3 rings (SSSR count). The van der Waals surface area contributed by atoms with E-state index < -0.39 is 17.4 Å². The largest absolute Gasteiger partial charge is 0.489 e. The number of alkyl halides is 3. The maximum Gasteiger partial charge on any atom is 0.417 e. The molecule has 0 saturated carbocycles. The lowest BCUT2D eigenvalue weighted by atomic mass is 9.87. The molecule has 0 aliphatic carbocycles. The Kier molecular flexibility index (Phi) is 4.76. The van der Waals surface area contributed by atoms with Crippen LogP contribution in [-0.2, 0) is 18.2 Å². The molecule has 142 valence electrons. The van der Waals surface area contributed by atoms with E-state index in [-0.39, 0.29) is 23.0 Å². The molecule has 3 aromatic rings. The van der Waals surface area contributed by atoms with Crippen molar-refractivity contribution in [3.05, 3.63) is 75.6 Å². The lowest BCUT2D eigenvalue weighted by Gasteiger charge is -2.19. The monoisotopic (exact) mass is 376 g/mol. The molecule has 0 spiro atoms. The van der Waals surface area contributed by atoms with Crippen molar-refractivity contribution in [2.45, 2.75) is 39.0 Å². The van der Waals surface area contributed by atoms with E-state index in [0.29, 0.717) is 11.8 Å². The molecule has 6 heteroatoms. The number of halogens is 3. The lowest BCUT2D eigenvalue weighted by molar-refractivity contribution is -0.136. The second kappa shape index (κ2) is 6.76. The molecule has 3 nitrogen and oxygen atoms in total. The molecular formula is C21H19F3O3. The summed E-state index contributed by atoms with van der Waals surface area (Å²) in [6.45, 7) is 6.61. The highest BCUT2D eigenvalue weighted by molar-refractivity contribution is 5.82. The van der Waals surface area contributed by atoms with Crippen molar-refractivity contribution in [2.75, 3.05) is 0 Å². The van der Waals surface area contributed by atoms with Crippen LogP contribution in [0.3, 0.4) is 0 Å². The molecule has 1 heterocycles. The van der Waals surface area contributed by atoms with Crippen molar-refractivity contribution in [2.24, 2.45) is 0 Å². The Hall–Kier alpha value is -2.76. The summed E-state index contributed by atoms with van der Waals surface area (Å²) in [6.07, 6.45) is -4.63. The second-order valence-corrected chi connectivity index (χ2v) is 7.37. The molecule has 0 amide bonds. The fourth-order valence-electron chi connectivity index (χ4n) is 2.74. The van der Waals surface area contributed by atoms with Crippen LogP contribution in [0.2, 0.25) is 0 Å². The molecule has 0 aliphatic heterocycles. The highest BCUT2D eigenvalue weighted by atomic mass is 19.4. The number of ether oxygens (including phenoxy) is 1. The van der Waals surface area contributed by atoms with Crippen LogP contribution in [0.5, 0.6) is 5.75 Å². The number of hydrogen-bond acceptors (Lipinski definition) is 3. The first kappa shape index (κ1) is 19.0. The van der Waals surface area contributed by atoms with Crippen LogP contribution >= 0.6 is 0 Å². The summed E-state index contributed by atoms with van der Waals surface area (Å²) in [5.74, 6) is 0.324. The quantitative estimate of drug-likeness (QED) is 0.552. The first-order valence-electron chi connectivity index (χ1n) is 8.41. The van der Waals surface area contributed by atoms with E-state index in [9.17, 15) is 18.0 Å². The van der Waals surface area contributed by atoms with Crippen molar-refractivity contribution < 1.29 is 22.3 Å².